The number of benzene rings is 1. The van der Waals surface area contributed by atoms with E-state index in [1.807, 2.05) is 0 Å². The van der Waals surface area contributed by atoms with Crippen molar-refractivity contribution in [2.45, 2.75) is 38.9 Å². The highest BCUT2D eigenvalue weighted by Gasteiger charge is 2.16. The van der Waals surface area contributed by atoms with E-state index >= 15 is 0 Å². The molecule has 0 aliphatic rings. The summed E-state index contributed by atoms with van der Waals surface area (Å²) in [5.41, 5.74) is 5.43. The molecule has 1 aromatic carbocycles. The maximum Gasteiger partial charge on any atom is 0.183 e. The Hall–Kier alpha value is -1.33. The first kappa shape index (κ1) is 15.1. The first-order valence-electron chi connectivity index (χ1n) is 6.91. The van der Waals surface area contributed by atoms with Gasteiger partial charge in [-0.1, -0.05) is 36.4 Å². The summed E-state index contributed by atoms with van der Waals surface area (Å²) in [7, 11) is 0. The summed E-state index contributed by atoms with van der Waals surface area (Å²) >= 11 is 1.70. The third kappa shape index (κ3) is 3.61. The molecule has 108 valence electrons. The van der Waals surface area contributed by atoms with Gasteiger partial charge in [0.05, 0.1) is 0 Å². The summed E-state index contributed by atoms with van der Waals surface area (Å²) in [5.74, 6) is 0.938. The molecule has 1 aromatic heterocycles. The minimum Gasteiger partial charge on any atom is -0.309 e. The fourth-order valence-electron chi connectivity index (χ4n) is 2.66. The predicted molar refractivity (Wildman–Crippen MR) is 84.2 cm³/mol. The molecule has 0 bridgehead atoms. The highest BCUT2D eigenvalue weighted by Crippen LogP contribution is 2.28. The van der Waals surface area contributed by atoms with Crippen LogP contribution in [0.4, 0.5) is 0 Å². The molecule has 1 atom stereocenters. The van der Waals surface area contributed by atoms with Crippen molar-refractivity contribution in [2.75, 3.05) is 12.3 Å². The van der Waals surface area contributed by atoms with E-state index in [4.69, 9.17) is 0 Å². The number of aromatic amines is 1. The Balaban J connectivity index is 2.19. The molecule has 0 saturated carbocycles. The van der Waals surface area contributed by atoms with Crippen molar-refractivity contribution >= 4 is 11.8 Å². The summed E-state index contributed by atoms with van der Waals surface area (Å²) in [5, 5.41) is 11.2. The number of thioether (sulfide) groups is 1. The molecule has 2 rings (SSSR count). The van der Waals surface area contributed by atoms with E-state index in [1.54, 1.807) is 18.1 Å². The van der Waals surface area contributed by atoms with Crippen LogP contribution in [0.25, 0.3) is 0 Å². The summed E-state index contributed by atoms with van der Waals surface area (Å²) in [6.45, 7) is 9.63. The van der Waals surface area contributed by atoms with Gasteiger partial charge in [-0.3, -0.25) is 5.10 Å². The maximum absolute atomic E-state index is 4.17. The molecule has 0 saturated heterocycles. The number of hydrogen-bond donors (Lipinski definition) is 2. The topological polar surface area (TPSA) is 53.6 Å². The van der Waals surface area contributed by atoms with Gasteiger partial charge in [0.2, 0.25) is 0 Å². The summed E-state index contributed by atoms with van der Waals surface area (Å²) in [6.07, 6.45) is 1.55. The van der Waals surface area contributed by atoms with Crippen molar-refractivity contribution in [1.29, 1.82) is 0 Å². The number of aromatic nitrogens is 3. The van der Waals surface area contributed by atoms with Gasteiger partial charge in [0.1, 0.15) is 6.33 Å². The van der Waals surface area contributed by atoms with Crippen LogP contribution in [-0.2, 0) is 0 Å². The van der Waals surface area contributed by atoms with Crippen LogP contribution in [0.2, 0.25) is 0 Å². The fraction of sp³-hybridized carbons (Fsp3) is 0.467. The van der Waals surface area contributed by atoms with E-state index in [1.165, 1.54) is 22.3 Å². The standard InChI is InChI=1S/C15H22N4S/c1-5-16-13(8-20-15-17-9-18-19-15)14-11(3)6-10(2)7-12(14)4/h6-7,9,13,16H,5,8H2,1-4H3,(H,17,18,19). The van der Waals surface area contributed by atoms with Gasteiger partial charge in [0.15, 0.2) is 5.16 Å². The second kappa shape index (κ2) is 6.90. The Labute approximate surface area is 124 Å². The van der Waals surface area contributed by atoms with Crippen LogP contribution in [0.5, 0.6) is 0 Å². The molecule has 1 unspecified atom stereocenters. The maximum atomic E-state index is 4.17. The lowest BCUT2D eigenvalue weighted by Gasteiger charge is -2.22. The molecule has 4 nitrogen and oxygen atoms in total. The number of hydrogen-bond acceptors (Lipinski definition) is 4. The first-order chi connectivity index (χ1) is 9.61. The van der Waals surface area contributed by atoms with E-state index in [-0.39, 0.29) is 0 Å². The van der Waals surface area contributed by atoms with Crippen molar-refractivity contribution in [3.05, 3.63) is 40.7 Å². The molecule has 0 spiro atoms. The zero-order valence-electron chi connectivity index (χ0n) is 12.5. The van der Waals surface area contributed by atoms with Crippen molar-refractivity contribution in [1.82, 2.24) is 20.5 Å². The molecular weight excluding hydrogens is 268 g/mol. The number of rotatable bonds is 6. The Kier molecular flexibility index (Phi) is 5.20. The molecule has 0 amide bonds. The van der Waals surface area contributed by atoms with E-state index in [2.05, 4.69) is 60.3 Å². The van der Waals surface area contributed by atoms with Gasteiger partial charge in [-0.15, -0.1) is 0 Å². The zero-order chi connectivity index (χ0) is 14.5. The molecular formula is C15H22N4S. The van der Waals surface area contributed by atoms with Crippen LogP contribution in [0.1, 0.15) is 35.2 Å². The lowest BCUT2D eigenvalue weighted by atomic mass is 9.95. The van der Waals surface area contributed by atoms with Crippen LogP contribution < -0.4 is 5.32 Å². The van der Waals surface area contributed by atoms with Crippen LogP contribution in [0, 0.1) is 20.8 Å². The summed E-state index contributed by atoms with van der Waals surface area (Å²) in [6, 6.07) is 4.84. The molecule has 0 radical (unpaired) electrons. The summed E-state index contributed by atoms with van der Waals surface area (Å²) in [4.78, 5) is 4.17. The van der Waals surface area contributed by atoms with Crippen molar-refractivity contribution in [3.8, 4) is 0 Å². The van der Waals surface area contributed by atoms with Crippen molar-refractivity contribution in [3.63, 3.8) is 0 Å². The molecule has 1 heterocycles. The average Bonchev–Trinajstić information content (AvgIpc) is 2.87. The molecule has 20 heavy (non-hydrogen) atoms. The normalized spacial score (nSPS) is 12.6. The third-order valence-electron chi connectivity index (χ3n) is 3.32. The SMILES string of the molecule is CCNC(CSc1ncn[nH]1)c1c(C)cc(C)cc1C. The average molecular weight is 290 g/mol. The monoisotopic (exact) mass is 290 g/mol. The number of H-pyrrole nitrogens is 1. The molecule has 0 aliphatic heterocycles. The third-order valence-corrected chi connectivity index (χ3v) is 4.29. The lowest BCUT2D eigenvalue weighted by Crippen LogP contribution is -2.24. The highest BCUT2D eigenvalue weighted by molar-refractivity contribution is 7.99. The largest absolute Gasteiger partial charge is 0.309 e. The van der Waals surface area contributed by atoms with Crippen molar-refractivity contribution in [2.24, 2.45) is 0 Å². The molecule has 0 aliphatic carbocycles. The van der Waals surface area contributed by atoms with Gasteiger partial charge in [-0.05, 0) is 44.0 Å². The Morgan fingerprint density at radius 2 is 1.95 bits per heavy atom. The van der Waals surface area contributed by atoms with Crippen molar-refractivity contribution < 1.29 is 0 Å². The predicted octanol–water partition coefficient (Wildman–Crippen LogP) is 3.17. The molecule has 2 aromatic rings. The van der Waals surface area contributed by atoms with Gasteiger partial charge < -0.3 is 5.32 Å². The second-order valence-corrected chi connectivity index (χ2v) is 6.03. The quantitative estimate of drug-likeness (QED) is 0.802. The van der Waals surface area contributed by atoms with Gasteiger partial charge >= 0.3 is 0 Å². The molecule has 0 fully saturated rings. The number of nitrogens with one attached hydrogen (secondary N) is 2. The van der Waals surface area contributed by atoms with Crippen LogP contribution in [-0.4, -0.2) is 27.5 Å². The molecule has 5 heteroatoms. The van der Waals surface area contributed by atoms with E-state index in [0.29, 0.717) is 6.04 Å². The number of nitrogens with zero attached hydrogens (tertiary/aromatic N) is 2. The van der Waals surface area contributed by atoms with E-state index in [0.717, 1.165) is 17.5 Å². The van der Waals surface area contributed by atoms with Crippen LogP contribution in [0.15, 0.2) is 23.6 Å². The minimum atomic E-state index is 0.329. The highest BCUT2D eigenvalue weighted by atomic mass is 32.2. The zero-order valence-corrected chi connectivity index (χ0v) is 13.3. The Morgan fingerprint density at radius 3 is 2.50 bits per heavy atom. The number of aryl methyl sites for hydroxylation is 3. The fourth-order valence-corrected chi connectivity index (χ4v) is 3.51. The first-order valence-corrected chi connectivity index (χ1v) is 7.89. The minimum absolute atomic E-state index is 0.329. The second-order valence-electron chi connectivity index (χ2n) is 5.02. The summed E-state index contributed by atoms with van der Waals surface area (Å²) < 4.78 is 0. The van der Waals surface area contributed by atoms with Gasteiger partial charge in [0.25, 0.3) is 0 Å². The van der Waals surface area contributed by atoms with Gasteiger partial charge in [-0.25, -0.2) is 4.98 Å². The molecule has 2 N–H and O–H groups in total. The smallest absolute Gasteiger partial charge is 0.183 e. The Morgan fingerprint density at radius 1 is 1.25 bits per heavy atom. The van der Waals surface area contributed by atoms with Gasteiger partial charge in [0, 0.05) is 11.8 Å². The van der Waals surface area contributed by atoms with Crippen LogP contribution >= 0.6 is 11.8 Å². The van der Waals surface area contributed by atoms with E-state index in [9.17, 15) is 0 Å². The van der Waals surface area contributed by atoms with Gasteiger partial charge in [-0.2, -0.15) is 5.10 Å². The van der Waals surface area contributed by atoms with Crippen LogP contribution in [0.3, 0.4) is 0 Å². The van der Waals surface area contributed by atoms with E-state index < -0.39 is 0 Å². The Bertz CT molecular complexity index is 528. The lowest BCUT2D eigenvalue weighted by molar-refractivity contribution is 0.599.